The minimum atomic E-state index is -0.711. The Hall–Kier alpha value is -2.38. The van der Waals surface area contributed by atoms with Crippen molar-refractivity contribution in [2.75, 3.05) is 33.4 Å². The molecule has 1 atom stereocenters. The molecule has 1 aliphatic rings. The summed E-state index contributed by atoms with van der Waals surface area (Å²) in [4.78, 5) is 20.1. The summed E-state index contributed by atoms with van der Waals surface area (Å²) in [6.07, 6.45) is 1.66. The predicted octanol–water partition coefficient (Wildman–Crippen LogP) is 3.63. The van der Waals surface area contributed by atoms with Gasteiger partial charge in [-0.3, -0.25) is 9.69 Å². The number of rotatable bonds is 8. The SMILES string of the molecule is COc1cccc(C(=NOCCN2CCC[C@@H](C(=O)O)C2)c2sccc2C)c1. The molecule has 28 heavy (non-hydrogen) atoms. The lowest BCUT2D eigenvalue weighted by atomic mass is 9.98. The van der Waals surface area contributed by atoms with Crippen molar-refractivity contribution in [3.8, 4) is 5.75 Å². The minimum Gasteiger partial charge on any atom is -0.497 e. The first-order valence-corrected chi connectivity index (χ1v) is 10.3. The molecule has 6 nitrogen and oxygen atoms in total. The summed E-state index contributed by atoms with van der Waals surface area (Å²) in [7, 11) is 1.64. The molecule has 1 N–H and O–H groups in total. The van der Waals surface area contributed by atoms with E-state index in [0.717, 1.165) is 46.9 Å². The van der Waals surface area contributed by atoms with E-state index < -0.39 is 5.97 Å². The van der Waals surface area contributed by atoms with Crippen LogP contribution in [0.15, 0.2) is 40.9 Å². The largest absolute Gasteiger partial charge is 0.497 e. The van der Waals surface area contributed by atoms with Crippen molar-refractivity contribution >= 4 is 23.0 Å². The van der Waals surface area contributed by atoms with Crippen molar-refractivity contribution in [1.29, 1.82) is 0 Å². The van der Waals surface area contributed by atoms with E-state index in [4.69, 9.17) is 9.57 Å². The highest BCUT2D eigenvalue weighted by atomic mass is 32.1. The number of aryl methyl sites for hydroxylation is 1. The summed E-state index contributed by atoms with van der Waals surface area (Å²) >= 11 is 1.63. The summed E-state index contributed by atoms with van der Waals surface area (Å²) in [5.74, 6) is -0.220. The molecule has 3 rings (SSSR count). The summed E-state index contributed by atoms with van der Waals surface area (Å²) < 4.78 is 5.34. The number of likely N-dealkylation sites (tertiary alicyclic amines) is 1. The Bertz CT molecular complexity index is 833. The number of hydrogen-bond donors (Lipinski definition) is 1. The fraction of sp³-hybridized carbons (Fsp3) is 0.429. The van der Waals surface area contributed by atoms with Crippen molar-refractivity contribution in [3.63, 3.8) is 0 Å². The van der Waals surface area contributed by atoms with Crippen LogP contribution in [0.25, 0.3) is 0 Å². The maximum Gasteiger partial charge on any atom is 0.307 e. The molecule has 1 aromatic heterocycles. The fourth-order valence-electron chi connectivity index (χ4n) is 3.35. The van der Waals surface area contributed by atoms with Gasteiger partial charge in [-0.05, 0) is 55.5 Å². The van der Waals surface area contributed by atoms with E-state index in [0.29, 0.717) is 19.7 Å². The standard InChI is InChI=1S/C21H26N2O4S/c1-15-8-12-28-20(15)19(16-5-3-7-18(13-16)26-2)22-27-11-10-23-9-4-6-17(14-23)21(24)25/h3,5,7-8,12-13,17H,4,6,9-11,14H2,1-2H3,(H,24,25)/t17-/m1/s1. The molecule has 0 spiro atoms. The number of piperidine rings is 1. The van der Waals surface area contributed by atoms with E-state index in [9.17, 15) is 9.90 Å². The number of aliphatic carboxylic acids is 1. The number of carboxylic acid groups (broad SMARTS) is 1. The second-order valence-electron chi connectivity index (χ2n) is 6.92. The summed E-state index contributed by atoms with van der Waals surface area (Å²) in [6.45, 7) is 4.63. The Morgan fingerprint density at radius 3 is 2.96 bits per heavy atom. The number of oxime groups is 1. The lowest BCUT2D eigenvalue weighted by Crippen LogP contribution is -2.40. The lowest BCUT2D eigenvalue weighted by Gasteiger charge is -2.29. The number of carboxylic acids is 1. The van der Waals surface area contributed by atoms with E-state index >= 15 is 0 Å². The van der Waals surface area contributed by atoms with Crippen LogP contribution in [-0.2, 0) is 9.63 Å². The van der Waals surface area contributed by atoms with Gasteiger partial charge < -0.3 is 14.7 Å². The van der Waals surface area contributed by atoms with Gasteiger partial charge in [0, 0.05) is 18.7 Å². The Labute approximate surface area is 169 Å². The van der Waals surface area contributed by atoms with Gasteiger partial charge in [-0.15, -0.1) is 11.3 Å². The number of nitrogens with zero attached hydrogens (tertiary/aromatic N) is 2. The second kappa shape index (κ2) is 9.71. The lowest BCUT2D eigenvalue weighted by molar-refractivity contribution is -0.143. The smallest absolute Gasteiger partial charge is 0.307 e. The van der Waals surface area contributed by atoms with E-state index in [2.05, 4.69) is 23.0 Å². The number of methoxy groups -OCH3 is 1. The quantitative estimate of drug-likeness (QED) is 0.415. The first kappa shape index (κ1) is 20.4. The molecule has 1 aromatic carbocycles. The Morgan fingerprint density at radius 2 is 2.25 bits per heavy atom. The van der Waals surface area contributed by atoms with E-state index in [1.54, 1.807) is 18.4 Å². The van der Waals surface area contributed by atoms with Gasteiger partial charge in [-0.1, -0.05) is 17.3 Å². The number of carbonyl (C=O) groups is 1. The zero-order chi connectivity index (χ0) is 19.9. The van der Waals surface area contributed by atoms with E-state index in [-0.39, 0.29) is 5.92 Å². The van der Waals surface area contributed by atoms with Gasteiger partial charge in [-0.2, -0.15) is 0 Å². The van der Waals surface area contributed by atoms with Gasteiger partial charge in [-0.25, -0.2) is 0 Å². The van der Waals surface area contributed by atoms with Gasteiger partial charge in [0.25, 0.3) is 0 Å². The van der Waals surface area contributed by atoms with Crippen LogP contribution in [0.4, 0.5) is 0 Å². The van der Waals surface area contributed by atoms with Crippen molar-refractivity contribution < 1.29 is 19.5 Å². The molecule has 0 aliphatic carbocycles. The minimum absolute atomic E-state index is 0.279. The van der Waals surface area contributed by atoms with Crippen LogP contribution in [0.5, 0.6) is 5.75 Å². The van der Waals surface area contributed by atoms with Crippen LogP contribution in [0.2, 0.25) is 0 Å². The zero-order valence-corrected chi connectivity index (χ0v) is 17.1. The van der Waals surface area contributed by atoms with Crippen LogP contribution >= 0.6 is 11.3 Å². The van der Waals surface area contributed by atoms with Crippen molar-refractivity contribution in [1.82, 2.24) is 4.90 Å². The van der Waals surface area contributed by atoms with Crippen molar-refractivity contribution in [2.24, 2.45) is 11.1 Å². The predicted molar refractivity (Wildman–Crippen MR) is 110 cm³/mol. The molecule has 7 heteroatoms. The number of benzene rings is 1. The molecule has 1 saturated heterocycles. The molecule has 0 saturated carbocycles. The van der Waals surface area contributed by atoms with Gasteiger partial charge in [0.05, 0.1) is 17.9 Å². The van der Waals surface area contributed by atoms with Gasteiger partial charge in [0.1, 0.15) is 18.1 Å². The molecule has 0 radical (unpaired) electrons. The second-order valence-corrected chi connectivity index (χ2v) is 7.83. The molecule has 2 heterocycles. The van der Waals surface area contributed by atoms with Crippen molar-refractivity contribution in [2.45, 2.75) is 19.8 Å². The fourth-order valence-corrected chi connectivity index (χ4v) is 4.28. The van der Waals surface area contributed by atoms with Crippen LogP contribution in [-0.4, -0.2) is 55.0 Å². The number of hydrogen-bond acceptors (Lipinski definition) is 6. The topological polar surface area (TPSA) is 71.4 Å². The summed E-state index contributed by atoms with van der Waals surface area (Å²) in [5, 5.41) is 15.7. The molecule has 0 bridgehead atoms. The van der Waals surface area contributed by atoms with Crippen LogP contribution < -0.4 is 4.74 Å². The monoisotopic (exact) mass is 402 g/mol. The highest BCUT2D eigenvalue weighted by Gasteiger charge is 2.25. The Morgan fingerprint density at radius 1 is 1.39 bits per heavy atom. The van der Waals surface area contributed by atoms with Crippen LogP contribution in [0, 0.1) is 12.8 Å². The molecular weight excluding hydrogens is 376 g/mol. The zero-order valence-electron chi connectivity index (χ0n) is 16.3. The van der Waals surface area contributed by atoms with Gasteiger partial charge in [0.15, 0.2) is 0 Å². The summed E-state index contributed by atoms with van der Waals surface area (Å²) in [5.41, 5.74) is 2.87. The van der Waals surface area contributed by atoms with Gasteiger partial charge >= 0.3 is 5.97 Å². The highest BCUT2D eigenvalue weighted by Crippen LogP contribution is 2.23. The Balaban J connectivity index is 1.68. The van der Waals surface area contributed by atoms with Crippen molar-refractivity contribution in [3.05, 3.63) is 51.7 Å². The Kier molecular flexibility index (Phi) is 7.06. The molecule has 2 aromatic rings. The molecular formula is C21H26N2O4S. The highest BCUT2D eigenvalue weighted by molar-refractivity contribution is 7.12. The normalized spacial score (nSPS) is 18.1. The number of ether oxygens (including phenoxy) is 1. The summed E-state index contributed by atoms with van der Waals surface area (Å²) in [6, 6.07) is 9.84. The molecule has 0 unspecified atom stereocenters. The molecule has 0 amide bonds. The third-order valence-electron chi connectivity index (χ3n) is 4.93. The maximum atomic E-state index is 11.2. The van der Waals surface area contributed by atoms with Crippen LogP contribution in [0.1, 0.15) is 28.8 Å². The van der Waals surface area contributed by atoms with E-state index in [1.165, 1.54) is 0 Å². The third kappa shape index (κ3) is 5.11. The maximum absolute atomic E-state index is 11.2. The average molecular weight is 403 g/mol. The third-order valence-corrected chi connectivity index (χ3v) is 5.95. The first-order chi connectivity index (χ1) is 13.6. The molecule has 1 aliphatic heterocycles. The van der Waals surface area contributed by atoms with E-state index in [1.807, 2.05) is 29.6 Å². The molecule has 1 fully saturated rings. The number of thiophene rings is 1. The van der Waals surface area contributed by atoms with Gasteiger partial charge in [0.2, 0.25) is 0 Å². The first-order valence-electron chi connectivity index (χ1n) is 9.42. The average Bonchev–Trinajstić information content (AvgIpc) is 3.14. The molecule has 150 valence electrons. The van der Waals surface area contributed by atoms with Crippen LogP contribution in [0.3, 0.4) is 0 Å².